The SMILES string of the molecule is O=C1N(Cc2cccnc2)Cc2cccnc2N1c1cccc(Cl)c1. The number of halogens is 1. The standard InChI is InChI=1S/C19H15ClN4O/c20-16-6-1-7-17(10-16)24-18-15(5-3-9-22-18)13-23(19(24)25)12-14-4-2-8-21-11-14/h1-11H,12-13H2. The molecule has 0 saturated heterocycles. The van der Waals surface area contributed by atoms with Crippen molar-refractivity contribution >= 4 is 29.1 Å². The predicted octanol–water partition coefficient (Wildman–Crippen LogP) is 4.40. The monoisotopic (exact) mass is 350 g/mol. The Morgan fingerprint density at radius 1 is 1.08 bits per heavy atom. The maximum atomic E-state index is 13.2. The second-order valence-corrected chi connectivity index (χ2v) is 6.24. The predicted molar refractivity (Wildman–Crippen MR) is 96.7 cm³/mol. The van der Waals surface area contributed by atoms with Gasteiger partial charge < -0.3 is 4.90 Å². The van der Waals surface area contributed by atoms with Crippen LogP contribution in [0.25, 0.3) is 0 Å². The summed E-state index contributed by atoms with van der Waals surface area (Å²) in [7, 11) is 0. The molecule has 0 unspecified atom stereocenters. The van der Waals surface area contributed by atoms with Crippen LogP contribution in [0.3, 0.4) is 0 Å². The molecule has 4 rings (SSSR count). The van der Waals surface area contributed by atoms with Crippen LogP contribution in [0.1, 0.15) is 11.1 Å². The number of amides is 2. The summed E-state index contributed by atoms with van der Waals surface area (Å²) in [6.45, 7) is 0.992. The molecule has 3 aromatic rings. The Hall–Kier alpha value is -2.92. The minimum Gasteiger partial charge on any atom is -0.315 e. The maximum Gasteiger partial charge on any atom is 0.330 e. The molecule has 6 heteroatoms. The number of urea groups is 1. The fraction of sp³-hybridized carbons (Fsp3) is 0.105. The summed E-state index contributed by atoms with van der Waals surface area (Å²) in [4.78, 5) is 25.1. The van der Waals surface area contributed by atoms with E-state index in [0.717, 1.165) is 11.1 Å². The van der Waals surface area contributed by atoms with Crippen LogP contribution in [0.4, 0.5) is 16.3 Å². The lowest BCUT2D eigenvalue weighted by molar-refractivity contribution is 0.198. The summed E-state index contributed by atoms with van der Waals surface area (Å²) in [6, 6.07) is 14.8. The number of nitrogens with zero attached hydrogens (tertiary/aromatic N) is 4. The third-order valence-electron chi connectivity index (χ3n) is 4.06. The smallest absolute Gasteiger partial charge is 0.315 e. The molecule has 124 valence electrons. The summed E-state index contributed by atoms with van der Waals surface area (Å²) in [5.41, 5.74) is 2.67. The van der Waals surface area contributed by atoms with E-state index in [4.69, 9.17) is 11.6 Å². The zero-order valence-electron chi connectivity index (χ0n) is 13.3. The van der Waals surface area contributed by atoms with Crippen molar-refractivity contribution in [2.75, 3.05) is 4.90 Å². The van der Waals surface area contributed by atoms with Gasteiger partial charge in [0.05, 0.1) is 12.2 Å². The van der Waals surface area contributed by atoms with Crippen LogP contribution in [0.2, 0.25) is 5.02 Å². The van der Waals surface area contributed by atoms with Crippen molar-refractivity contribution in [3.05, 3.63) is 83.3 Å². The van der Waals surface area contributed by atoms with Gasteiger partial charge in [-0.2, -0.15) is 0 Å². The van der Waals surface area contributed by atoms with E-state index in [1.807, 2.05) is 36.4 Å². The summed E-state index contributed by atoms with van der Waals surface area (Å²) < 4.78 is 0. The van der Waals surface area contributed by atoms with Gasteiger partial charge in [0.15, 0.2) is 0 Å². The van der Waals surface area contributed by atoms with Crippen LogP contribution in [-0.4, -0.2) is 20.9 Å². The lowest BCUT2D eigenvalue weighted by Gasteiger charge is -2.36. The van der Waals surface area contributed by atoms with Gasteiger partial charge in [0.2, 0.25) is 0 Å². The van der Waals surface area contributed by atoms with E-state index in [1.165, 1.54) is 0 Å². The number of hydrogen-bond donors (Lipinski definition) is 0. The maximum absolute atomic E-state index is 13.2. The second-order valence-electron chi connectivity index (χ2n) is 5.80. The number of rotatable bonds is 3. The molecule has 1 aromatic carbocycles. The molecule has 0 saturated carbocycles. The normalized spacial score (nSPS) is 13.7. The fourth-order valence-electron chi connectivity index (χ4n) is 2.94. The first-order valence-electron chi connectivity index (χ1n) is 7.90. The zero-order chi connectivity index (χ0) is 17.2. The van der Waals surface area contributed by atoms with Crippen LogP contribution in [0.15, 0.2) is 67.1 Å². The average molecular weight is 351 g/mol. The van der Waals surface area contributed by atoms with E-state index in [0.29, 0.717) is 29.6 Å². The molecular weight excluding hydrogens is 336 g/mol. The molecule has 0 N–H and O–H groups in total. The Bertz CT molecular complexity index is 916. The first-order chi connectivity index (χ1) is 12.2. The number of carbonyl (C=O) groups is 1. The van der Waals surface area contributed by atoms with Gasteiger partial charge in [-0.05, 0) is 35.9 Å². The molecule has 0 spiro atoms. The largest absolute Gasteiger partial charge is 0.330 e. The number of fused-ring (bicyclic) bond motifs is 1. The Balaban J connectivity index is 1.75. The Kier molecular flexibility index (Phi) is 4.07. The summed E-state index contributed by atoms with van der Waals surface area (Å²) in [6.07, 6.45) is 5.19. The highest BCUT2D eigenvalue weighted by Crippen LogP contribution is 2.34. The van der Waals surface area contributed by atoms with Crippen LogP contribution in [-0.2, 0) is 13.1 Å². The van der Waals surface area contributed by atoms with Crippen molar-refractivity contribution < 1.29 is 4.79 Å². The Morgan fingerprint density at radius 2 is 1.96 bits per heavy atom. The number of pyridine rings is 2. The highest BCUT2D eigenvalue weighted by Gasteiger charge is 2.32. The first kappa shape index (κ1) is 15.6. The minimum absolute atomic E-state index is 0.127. The first-order valence-corrected chi connectivity index (χ1v) is 8.27. The van der Waals surface area contributed by atoms with E-state index >= 15 is 0 Å². The van der Waals surface area contributed by atoms with E-state index in [1.54, 1.807) is 40.5 Å². The summed E-state index contributed by atoms with van der Waals surface area (Å²) >= 11 is 6.12. The Morgan fingerprint density at radius 3 is 2.76 bits per heavy atom. The lowest BCUT2D eigenvalue weighted by atomic mass is 10.1. The van der Waals surface area contributed by atoms with E-state index in [-0.39, 0.29) is 6.03 Å². The van der Waals surface area contributed by atoms with Gasteiger partial charge >= 0.3 is 6.03 Å². The number of hydrogen-bond acceptors (Lipinski definition) is 3. The molecule has 0 fully saturated rings. The van der Waals surface area contributed by atoms with Crippen molar-refractivity contribution in [1.82, 2.24) is 14.9 Å². The third kappa shape index (κ3) is 3.06. The molecule has 0 radical (unpaired) electrons. The van der Waals surface area contributed by atoms with Crippen molar-refractivity contribution in [2.45, 2.75) is 13.1 Å². The number of carbonyl (C=O) groups excluding carboxylic acids is 1. The van der Waals surface area contributed by atoms with Gasteiger partial charge in [-0.1, -0.05) is 29.8 Å². The quantitative estimate of drug-likeness (QED) is 0.703. The molecule has 0 aliphatic carbocycles. The van der Waals surface area contributed by atoms with Gasteiger partial charge in [-0.3, -0.25) is 4.98 Å². The molecule has 25 heavy (non-hydrogen) atoms. The van der Waals surface area contributed by atoms with Crippen molar-refractivity contribution in [3.8, 4) is 0 Å². The fourth-order valence-corrected chi connectivity index (χ4v) is 3.13. The minimum atomic E-state index is -0.127. The molecule has 3 heterocycles. The molecule has 1 aliphatic rings. The van der Waals surface area contributed by atoms with Gasteiger partial charge in [-0.15, -0.1) is 0 Å². The molecule has 0 bridgehead atoms. The number of anilines is 2. The van der Waals surface area contributed by atoms with Gasteiger partial charge in [0, 0.05) is 35.7 Å². The van der Waals surface area contributed by atoms with Crippen molar-refractivity contribution in [3.63, 3.8) is 0 Å². The average Bonchev–Trinajstić information content (AvgIpc) is 2.63. The third-order valence-corrected chi connectivity index (χ3v) is 4.30. The van der Waals surface area contributed by atoms with Gasteiger partial charge in [0.25, 0.3) is 0 Å². The number of aromatic nitrogens is 2. The van der Waals surface area contributed by atoms with E-state index in [2.05, 4.69) is 9.97 Å². The highest BCUT2D eigenvalue weighted by molar-refractivity contribution is 6.31. The summed E-state index contributed by atoms with van der Waals surface area (Å²) in [5, 5.41) is 0.576. The molecule has 2 aromatic heterocycles. The zero-order valence-corrected chi connectivity index (χ0v) is 14.1. The second kappa shape index (κ2) is 6.53. The van der Waals surface area contributed by atoms with Crippen molar-refractivity contribution in [2.24, 2.45) is 0 Å². The van der Waals surface area contributed by atoms with Crippen molar-refractivity contribution in [1.29, 1.82) is 0 Å². The molecule has 0 atom stereocenters. The lowest BCUT2D eigenvalue weighted by Crippen LogP contribution is -2.44. The molecule has 2 amide bonds. The summed E-state index contributed by atoms with van der Waals surface area (Å²) in [5.74, 6) is 0.650. The van der Waals surface area contributed by atoms with Crippen LogP contribution >= 0.6 is 11.6 Å². The van der Waals surface area contributed by atoms with Gasteiger partial charge in [0.1, 0.15) is 5.82 Å². The Labute approximate surface area is 150 Å². The van der Waals surface area contributed by atoms with E-state index < -0.39 is 0 Å². The molecular formula is C19H15ClN4O. The number of benzene rings is 1. The van der Waals surface area contributed by atoms with Gasteiger partial charge in [-0.25, -0.2) is 14.7 Å². The molecule has 5 nitrogen and oxygen atoms in total. The highest BCUT2D eigenvalue weighted by atomic mass is 35.5. The van der Waals surface area contributed by atoms with Crippen LogP contribution in [0, 0.1) is 0 Å². The topological polar surface area (TPSA) is 49.3 Å². The van der Waals surface area contributed by atoms with Crippen LogP contribution in [0.5, 0.6) is 0 Å². The molecule has 1 aliphatic heterocycles. The van der Waals surface area contributed by atoms with Crippen LogP contribution < -0.4 is 4.90 Å². The van der Waals surface area contributed by atoms with E-state index in [9.17, 15) is 4.79 Å².